The molecule has 4 nitrogen and oxygen atoms in total. The Morgan fingerprint density at radius 1 is 1.17 bits per heavy atom. The van der Waals surface area contributed by atoms with Gasteiger partial charge in [0.05, 0.1) is 24.1 Å². The molecular formula is C19H20N2O2. The Morgan fingerprint density at radius 2 is 1.96 bits per heavy atom. The Morgan fingerprint density at radius 3 is 2.65 bits per heavy atom. The molecule has 1 aromatic carbocycles. The molecule has 0 N–H and O–H groups in total. The zero-order valence-electron chi connectivity index (χ0n) is 13.5. The van der Waals surface area contributed by atoms with Crippen LogP contribution in [0.25, 0.3) is 5.65 Å². The highest BCUT2D eigenvalue weighted by atomic mass is 16.5. The van der Waals surface area contributed by atoms with Gasteiger partial charge in [-0.2, -0.15) is 0 Å². The predicted molar refractivity (Wildman–Crippen MR) is 89.8 cm³/mol. The number of hydrogen-bond donors (Lipinski definition) is 0. The van der Waals surface area contributed by atoms with E-state index >= 15 is 0 Å². The van der Waals surface area contributed by atoms with Crippen LogP contribution in [0.3, 0.4) is 0 Å². The number of imidazole rings is 1. The molecule has 0 amide bonds. The quantitative estimate of drug-likeness (QED) is 0.676. The van der Waals surface area contributed by atoms with E-state index in [1.54, 1.807) is 6.07 Å². The van der Waals surface area contributed by atoms with Crippen molar-refractivity contribution in [1.82, 2.24) is 9.38 Å². The molecule has 0 aliphatic carbocycles. The number of hydrogen-bond acceptors (Lipinski definition) is 3. The highest BCUT2D eigenvalue weighted by Gasteiger charge is 2.14. The predicted octanol–water partition coefficient (Wildman–Crippen LogP) is 3.66. The van der Waals surface area contributed by atoms with Crippen LogP contribution in [-0.4, -0.2) is 22.5 Å². The minimum absolute atomic E-state index is 0.330. The maximum Gasteiger partial charge on any atom is 0.339 e. The van der Waals surface area contributed by atoms with Crippen LogP contribution in [0.5, 0.6) is 0 Å². The van der Waals surface area contributed by atoms with Crippen molar-refractivity contribution in [3.8, 4) is 0 Å². The van der Waals surface area contributed by atoms with E-state index in [2.05, 4.69) is 19.1 Å². The molecule has 0 aliphatic heterocycles. The molecule has 0 saturated carbocycles. The lowest BCUT2D eigenvalue weighted by atomic mass is 10.1. The Kier molecular flexibility index (Phi) is 4.42. The van der Waals surface area contributed by atoms with Crippen molar-refractivity contribution in [2.75, 3.05) is 7.11 Å². The van der Waals surface area contributed by atoms with Gasteiger partial charge in [0.1, 0.15) is 5.65 Å². The standard InChI is InChI=1S/C19H20N2O2/c1-3-7-16-17(12-14-8-5-4-6-9-14)21-13-15(19(22)23-2)10-11-18(21)20-16/h4-6,8-11,13H,3,7,12H2,1-2H3. The van der Waals surface area contributed by atoms with Gasteiger partial charge in [0, 0.05) is 12.6 Å². The van der Waals surface area contributed by atoms with Crippen LogP contribution >= 0.6 is 0 Å². The number of aryl methyl sites for hydroxylation is 1. The lowest BCUT2D eigenvalue weighted by molar-refractivity contribution is 0.0600. The normalized spacial score (nSPS) is 10.9. The summed E-state index contributed by atoms with van der Waals surface area (Å²) in [5.74, 6) is -0.330. The summed E-state index contributed by atoms with van der Waals surface area (Å²) in [5, 5.41) is 0. The Labute approximate surface area is 135 Å². The second-order valence-electron chi connectivity index (χ2n) is 5.56. The molecule has 3 aromatic rings. The number of carbonyl (C=O) groups is 1. The van der Waals surface area contributed by atoms with Crippen molar-refractivity contribution in [2.45, 2.75) is 26.2 Å². The molecule has 0 radical (unpaired) electrons. The van der Waals surface area contributed by atoms with Crippen LogP contribution < -0.4 is 0 Å². The fourth-order valence-corrected chi connectivity index (χ4v) is 2.79. The first kappa shape index (κ1) is 15.3. The zero-order valence-corrected chi connectivity index (χ0v) is 13.5. The molecule has 0 unspecified atom stereocenters. The summed E-state index contributed by atoms with van der Waals surface area (Å²) in [4.78, 5) is 16.5. The summed E-state index contributed by atoms with van der Waals surface area (Å²) >= 11 is 0. The van der Waals surface area contributed by atoms with E-state index in [4.69, 9.17) is 9.72 Å². The Hall–Kier alpha value is -2.62. The molecule has 0 bridgehead atoms. The number of methoxy groups -OCH3 is 1. The maximum absolute atomic E-state index is 11.8. The van der Waals surface area contributed by atoms with E-state index in [9.17, 15) is 4.79 Å². The van der Waals surface area contributed by atoms with Crippen molar-refractivity contribution >= 4 is 11.6 Å². The number of pyridine rings is 1. The summed E-state index contributed by atoms with van der Waals surface area (Å²) in [6.07, 6.45) is 4.58. The SMILES string of the molecule is CCCc1nc2ccc(C(=O)OC)cn2c1Cc1ccccc1. The molecule has 118 valence electrons. The summed E-state index contributed by atoms with van der Waals surface area (Å²) in [6.45, 7) is 2.15. The van der Waals surface area contributed by atoms with Gasteiger partial charge >= 0.3 is 5.97 Å². The van der Waals surface area contributed by atoms with Gasteiger partial charge in [-0.25, -0.2) is 9.78 Å². The number of benzene rings is 1. The average molecular weight is 308 g/mol. The third-order valence-corrected chi connectivity index (χ3v) is 3.92. The van der Waals surface area contributed by atoms with E-state index in [0.29, 0.717) is 5.56 Å². The van der Waals surface area contributed by atoms with E-state index in [1.165, 1.54) is 12.7 Å². The minimum Gasteiger partial charge on any atom is -0.465 e. The van der Waals surface area contributed by atoms with Gasteiger partial charge in [-0.1, -0.05) is 43.7 Å². The molecule has 4 heteroatoms. The van der Waals surface area contributed by atoms with Crippen molar-refractivity contribution in [1.29, 1.82) is 0 Å². The smallest absolute Gasteiger partial charge is 0.339 e. The third-order valence-electron chi connectivity index (χ3n) is 3.92. The van der Waals surface area contributed by atoms with Crippen molar-refractivity contribution in [2.24, 2.45) is 0 Å². The summed E-state index contributed by atoms with van der Waals surface area (Å²) in [5.41, 5.74) is 4.87. The van der Waals surface area contributed by atoms with Gasteiger partial charge in [-0.15, -0.1) is 0 Å². The summed E-state index contributed by atoms with van der Waals surface area (Å²) in [6, 6.07) is 13.9. The molecule has 3 rings (SSSR count). The van der Waals surface area contributed by atoms with E-state index in [0.717, 1.165) is 36.3 Å². The minimum atomic E-state index is -0.330. The molecule has 2 aromatic heterocycles. The first-order valence-electron chi connectivity index (χ1n) is 7.85. The number of nitrogens with zero attached hydrogens (tertiary/aromatic N) is 2. The van der Waals surface area contributed by atoms with Crippen LogP contribution in [-0.2, 0) is 17.6 Å². The summed E-state index contributed by atoms with van der Waals surface area (Å²) in [7, 11) is 1.40. The zero-order chi connectivity index (χ0) is 16.2. The maximum atomic E-state index is 11.8. The van der Waals surface area contributed by atoms with Crippen molar-refractivity contribution in [3.05, 3.63) is 71.2 Å². The van der Waals surface area contributed by atoms with Crippen LogP contribution in [0, 0.1) is 0 Å². The lowest BCUT2D eigenvalue weighted by Crippen LogP contribution is -2.04. The number of fused-ring (bicyclic) bond motifs is 1. The number of esters is 1. The first-order valence-corrected chi connectivity index (χ1v) is 7.85. The molecule has 2 heterocycles. The monoisotopic (exact) mass is 308 g/mol. The number of aromatic nitrogens is 2. The van der Waals surface area contributed by atoms with Crippen molar-refractivity contribution < 1.29 is 9.53 Å². The molecule has 0 aliphatic rings. The molecule has 23 heavy (non-hydrogen) atoms. The fourth-order valence-electron chi connectivity index (χ4n) is 2.79. The van der Waals surface area contributed by atoms with Gasteiger partial charge in [0.2, 0.25) is 0 Å². The highest BCUT2D eigenvalue weighted by molar-refractivity contribution is 5.89. The number of ether oxygens (including phenoxy) is 1. The van der Waals surface area contributed by atoms with Gasteiger partial charge in [-0.05, 0) is 24.1 Å². The van der Waals surface area contributed by atoms with E-state index in [-0.39, 0.29) is 5.97 Å². The van der Waals surface area contributed by atoms with Gasteiger partial charge in [0.15, 0.2) is 0 Å². The van der Waals surface area contributed by atoms with E-state index in [1.807, 2.05) is 34.9 Å². The third kappa shape index (κ3) is 3.11. The lowest BCUT2D eigenvalue weighted by Gasteiger charge is -2.06. The molecule has 0 fully saturated rings. The highest BCUT2D eigenvalue weighted by Crippen LogP contribution is 2.19. The topological polar surface area (TPSA) is 43.6 Å². The first-order chi connectivity index (χ1) is 11.2. The van der Waals surface area contributed by atoms with Gasteiger partial charge in [-0.3, -0.25) is 0 Å². The second-order valence-corrected chi connectivity index (χ2v) is 5.56. The fraction of sp³-hybridized carbons (Fsp3) is 0.263. The average Bonchev–Trinajstić information content (AvgIpc) is 2.92. The van der Waals surface area contributed by atoms with Gasteiger partial charge < -0.3 is 9.14 Å². The Balaban J connectivity index is 2.10. The van der Waals surface area contributed by atoms with Crippen LogP contribution in [0.2, 0.25) is 0 Å². The van der Waals surface area contributed by atoms with Gasteiger partial charge in [0.25, 0.3) is 0 Å². The van der Waals surface area contributed by atoms with Crippen LogP contribution in [0.15, 0.2) is 48.7 Å². The van der Waals surface area contributed by atoms with Crippen molar-refractivity contribution in [3.63, 3.8) is 0 Å². The number of carbonyl (C=O) groups excluding carboxylic acids is 1. The van der Waals surface area contributed by atoms with E-state index < -0.39 is 0 Å². The Bertz CT molecular complexity index is 822. The molecule has 0 saturated heterocycles. The van der Waals surface area contributed by atoms with Crippen LogP contribution in [0.1, 0.15) is 40.7 Å². The second kappa shape index (κ2) is 6.65. The summed E-state index contributed by atoms with van der Waals surface area (Å²) < 4.78 is 6.84. The largest absolute Gasteiger partial charge is 0.465 e. The number of rotatable bonds is 5. The molecule has 0 spiro atoms. The molecule has 0 atom stereocenters. The van der Waals surface area contributed by atoms with Crippen LogP contribution in [0.4, 0.5) is 0 Å². The molecular weight excluding hydrogens is 288 g/mol.